The first-order valence-corrected chi connectivity index (χ1v) is 8.03. The summed E-state index contributed by atoms with van der Waals surface area (Å²) in [5.41, 5.74) is 0.371. The molecule has 1 aliphatic rings. The summed E-state index contributed by atoms with van der Waals surface area (Å²) in [6.07, 6.45) is 0. The largest absolute Gasteiger partial charge is 0.492 e. The number of ether oxygens (including phenoxy) is 2. The first kappa shape index (κ1) is 18.1. The number of nitrogens with one attached hydrogen (secondary N) is 2. The van der Waals surface area contributed by atoms with Crippen LogP contribution >= 0.6 is 0 Å². The summed E-state index contributed by atoms with van der Waals surface area (Å²) < 4.78 is 11.2. The molecule has 0 saturated carbocycles. The van der Waals surface area contributed by atoms with Crippen molar-refractivity contribution < 1.29 is 19.1 Å². The molecule has 0 bridgehead atoms. The molecule has 3 amide bonds. The van der Waals surface area contributed by atoms with Gasteiger partial charge in [-0.1, -0.05) is 6.07 Å². The Morgan fingerprint density at radius 1 is 1.38 bits per heavy atom. The van der Waals surface area contributed by atoms with Crippen LogP contribution in [0.5, 0.6) is 5.75 Å². The van der Waals surface area contributed by atoms with E-state index in [0.29, 0.717) is 44.3 Å². The monoisotopic (exact) mass is 335 g/mol. The molecule has 7 heteroatoms. The van der Waals surface area contributed by atoms with Crippen LogP contribution in [0.1, 0.15) is 20.8 Å². The summed E-state index contributed by atoms with van der Waals surface area (Å²) in [5, 5.41) is 5.54. The average molecular weight is 335 g/mol. The maximum absolute atomic E-state index is 12.1. The van der Waals surface area contributed by atoms with Crippen molar-refractivity contribution in [2.24, 2.45) is 0 Å². The lowest BCUT2D eigenvalue weighted by Gasteiger charge is -2.38. The Balaban J connectivity index is 1.73. The standard InChI is InChI=1S/C17H25N3O4/c1-13(21)19-14-5-4-6-15(11-14)23-9-7-18-16(22)20-8-10-24-17(2,3)12-20/h4-6,11H,7-10,12H2,1-3H3,(H,18,22)(H,19,21). The lowest BCUT2D eigenvalue weighted by molar-refractivity contribution is -0.114. The first-order chi connectivity index (χ1) is 11.4. The van der Waals surface area contributed by atoms with Crippen LogP contribution < -0.4 is 15.4 Å². The second-order valence-corrected chi connectivity index (χ2v) is 6.32. The quantitative estimate of drug-likeness (QED) is 0.805. The summed E-state index contributed by atoms with van der Waals surface area (Å²) in [7, 11) is 0. The van der Waals surface area contributed by atoms with Gasteiger partial charge in [-0.05, 0) is 26.0 Å². The molecular formula is C17H25N3O4. The van der Waals surface area contributed by atoms with Crippen molar-refractivity contribution in [2.75, 3.05) is 38.2 Å². The van der Waals surface area contributed by atoms with Crippen molar-refractivity contribution in [3.05, 3.63) is 24.3 Å². The SMILES string of the molecule is CC(=O)Nc1cccc(OCCNC(=O)N2CCOC(C)(C)C2)c1. The van der Waals surface area contributed by atoms with Gasteiger partial charge in [0.1, 0.15) is 12.4 Å². The van der Waals surface area contributed by atoms with Crippen molar-refractivity contribution in [3.63, 3.8) is 0 Å². The summed E-state index contributed by atoms with van der Waals surface area (Å²) in [5.74, 6) is 0.510. The van der Waals surface area contributed by atoms with Gasteiger partial charge in [0.2, 0.25) is 5.91 Å². The Labute approximate surface area is 142 Å². The van der Waals surface area contributed by atoms with Crippen LogP contribution in [0.15, 0.2) is 24.3 Å². The van der Waals surface area contributed by atoms with Crippen LogP contribution in [0.25, 0.3) is 0 Å². The second-order valence-electron chi connectivity index (χ2n) is 6.32. The molecule has 0 aliphatic carbocycles. The summed E-state index contributed by atoms with van der Waals surface area (Å²) >= 11 is 0. The van der Waals surface area contributed by atoms with Gasteiger partial charge in [0.15, 0.2) is 0 Å². The molecule has 0 radical (unpaired) electrons. The summed E-state index contributed by atoms with van der Waals surface area (Å²) in [6.45, 7) is 7.86. The van der Waals surface area contributed by atoms with E-state index in [9.17, 15) is 9.59 Å². The number of amides is 3. The Hall–Kier alpha value is -2.28. The number of morpholine rings is 1. The van der Waals surface area contributed by atoms with Gasteiger partial charge in [-0.25, -0.2) is 4.79 Å². The van der Waals surface area contributed by atoms with E-state index in [0.717, 1.165) is 0 Å². The normalized spacial score (nSPS) is 16.4. The van der Waals surface area contributed by atoms with Gasteiger partial charge in [-0.2, -0.15) is 0 Å². The molecule has 0 unspecified atom stereocenters. The van der Waals surface area contributed by atoms with E-state index in [1.54, 1.807) is 29.2 Å². The van der Waals surface area contributed by atoms with E-state index < -0.39 is 0 Å². The Morgan fingerprint density at radius 2 is 2.17 bits per heavy atom. The highest BCUT2D eigenvalue weighted by molar-refractivity contribution is 5.88. The van der Waals surface area contributed by atoms with Crippen LogP contribution in [0.4, 0.5) is 10.5 Å². The van der Waals surface area contributed by atoms with Crippen molar-refractivity contribution in [2.45, 2.75) is 26.4 Å². The van der Waals surface area contributed by atoms with Crippen molar-refractivity contribution in [1.82, 2.24) is 10.2 Å². The fourth-order valence-electron chi connectivity index (χ4n) is 2.50. The highest BCUT2D eigenvalue weighted by atomic mass is 16.5. The van der Waals surface area contributed by atoms with E-state index in [2.05, 4.69) is 10.6 Å². The molecule has 132 valence electrons. The molecule has 2 rings (SSSR count). The lowest BCUT2D eigenvalue weighted by atomic mass is 10.1. The molecule has 1 aliphatic heterocycles. The molecule has 1 aromatic carbocycles. The highest BCUT2D eigenvalue weighted by Gasteiger charge is 2.29. The topological polar surface area (TPSA) is 79.9 Å². The Bertz CT molecular complexity index is 589. The molecule has 24 heavy (non-hydrogen) atoms. The van der Waals surface area contributed by atoms with Crippen LogP contribution in [-0.2, 0) is 9.53 Å². The third kappa shape index (κ3) is 5.73. The molecule has 0 spiro atoms. The number of benzene rings is 1. The number of carbonyl (C=O) groups excluding carboxylic acids is 2. The third-order valence-electron chi connectivity index (χ3n) is 3.51. The highest BCUT2D eigenvalue weighted by Crippen LogP contribution is 2.17. The second kappa shape index (κ2) is 8.01. The van der Waals surface area contributed by atoms with Gasteiger partial charge in [0, 0.05) is 25.2 Å². The van der Waals surface area contributed by atoms with Crippen LogP contribution in [0.3, 0.4) is 0 Å². The minimum Gasteiger partial charge on any atom is -0.492 e. The Kier molecular flexibility index (Phi) is 6.03. The van der Waals surface area contributed by atoms with E-state index in [4.69, 9.17) is 9.47 Å². The molecule has 1 aromatic rings. The maximum Gasteiger partial charge on any atom is 0.317 e. The molecule has 0 atom stereocenters. The molecule has 2 N–H and O–H groups in total. The van der Waals surface area contributed by atoms with E-state index >= 15 is 0 Å². The third-order valence-corrected chi connectivity index (χ3v) is 3.51. The first-order valence-electron chi connectivity index (χ1n) is 8.03. The van der Waals surface area contributed by atoms with Crippen molar-refractivity contribution in [3.8, 4) is 5.75 Å². The zero-order chi connectivity index (χ0) is 17.6. The lowest BCUT2D eigenvalue weighted by Crippen LogP contribution is -2.53. The van der Waals surface area contributed by atoms with Gasteiger partial charge in [0.25, 0.3) is 0 Å². The zero-order valence-electron chi connectivity index (χ0n) is 14.4. The summed E-state index contributed by atoms with van der Waals surface area (Å²) in [6, 6.07) is 7.03. The number of hydrogen-bond donors (Lipinski definition) is 2. The fourth-order valence-corrected chi connectivity index (χ4v) is 2.50. The molecule has 1 saturated heterocycles. The predicted molar refractivity (Wildman–Crippen MR) is 91.2 cm³/mol. The van der Waals surface area contributed by atoms with Crippen LogP contribution in [0.2, 0.25) is 0 Å². The molecule has 0 aromatic heterocycles. The number of hydrogen-bond acceptors (Lipinski definition) is 4. The van der Waals surface area contributed by atoms with Crippen LogP contribution in [-0.4, -0.2) is 55.3 Å². The zero-order valence-corrected chi connectivity index (χ0v) is 14.4. The minimum atomic E-state index is -0.309. The average Bonchev–Trinajstić information content (AvgIpc) is 2.50. The van der Waals surface area contributed by atoms with E-state index in [1.807, 2.05) is 13.8 Å². The van der Waals surface area contributed by atoms with Gasteiger partial charge in [0.05, 0.1) is 25.3 Å². The van der Waals surface area contributed by atoms with Crippen molar-refractivity contribution >= 4 is 17.6 Å². The van der Waals surface area contributed by atoms with Gasteiger partial charge in [-0.15, -0.1) is 0 Å². The Morgan fingerprint density at radius 3 is 2.88 bits per heavy atom. The predicted octanol–water partition coefficient (Wildman–Crippen LogP) is 1.84. The fraction of sp³-hybridized carbons (Fsp3) is 0.529. The van der Waals surface area contributed by atoms with Crippen LogP contribution in [0, 0.1) is 0 Å². The number of carbonyl (C=O) groups is 2. The van der Waals surface area contributed by atoms with Gasteiger partial charge < -0.3 is 25.0 Å². The van der Waals surface area contributed by atoms with E-state index in [-0.39, 0.29) is 17.5 Å². The minimum absolute atomic E-state index is 0.109. The number of nitrogens with zero attached hydrogens (tertiary/aromatic N) is 1. The van der Waals surface area contributed by atoms with Gasteiger partial charge in [-0.3, -0.25) is 4.79 Å². The van der Waals surface area contributed by atoms with Crippen molar-refractivity contribution in [1.29, 1.82) is 0 Å². The summed E-state index contributed by atoms with van der Waals surface area (Å²) in [4.78, 5) is 24.9. The molecule has 7 nitrogen and oxygen atoms in total. The number of rotatable bonds is 5. The maximum atomic E-state index is 12.1. The molecule has 1 heterocycles. The number of anilines is 1. The number of urea groups is 1. The van der Waals surface area contributed by atoms with E-state index in [1.165, 1.54) is 6.92 Å². The smallest absolute Gasteiger partial charge is 0.317 e. The van der Waals surface area contributed by atoms with Gasteiger partial charge >= 0.3 is 6.03 Å². The molecular weight excluding hydrogens is 310 g/mol. The molecule has 1 fully saturated rings.